The summed E-state index contributed by atoms with van der Waals surface area (Å²) < 4.78 is 36.4. The van der Waals surface area contributed by atoms with Crippen molar-refractivity contribution in [3.63, 3.8) is 0 Å². The lowest BCUT2D eigenvalue weighted by atomic mass is 10.0. The van der Waals surface area contributed by atoms with E-state index in [0.717, 1.165) is 25.7 Å². The van der Waals surface area contributed by atoms with Crippen LogP contribution in [0.3, 0.4) is 0 Å². The molecule has 0 aromatic carbocycles. The molecule has 2 nitrogen and oxygen atoms in total. The molecule has 2 fully saturated rings. The molecule has 0 radical (unpaired) electrons. The fourth-order valence-electron chi connectivity index (χ4n) is 3.10. The third kappa shape index (κ3) is 3.13. The first kappa shape index (κ1) is 14.0. The highest BCUT2D eigenvalue weighted by Gasteiger charge is 2.43. The van der Waals surface area contributed by atoms with Crippen LogP contribution in [0.1, 0.15) is 38.5 Å². The number of halogens is 3. The van der Waals surface area contributed by atoms with Gasteiger partial charge in [-0.3, -0.25) is 4.79 Å². The summed E-state index contributed by atoms with van der Waals surface area (Å²) in [5.74, 6) is -0.306. The number of carbonyl (C=O) groups is 1. The fourth-order valence-corrected chi connectivity index (χ4v) is 3.93. The zero-order chi connectivity index (χ0) is 13.3. The summed E-state index contributed by atoms with van der Waals surface area (Å²) in [6, 6.07) is 0.365. The van der Waals surface area contributed by atoms with Crippen molar-refractivity contribution >= 4 is 17.7 Å². The van der Waals surface area contributed by atoms with Crippen molar-refractivity contribution < 1.29 is 18.0 Å². The van der Waals surface area contributed by atoms with E-state index in [1.54, 1.807) is 16.7 Å². The molecule has 2 aliphatic rings. The van der Waals surface area contributed by atoms with Crippen LogP contribution < -0.4 is 0 Å². The number of rotatable bonds is 3. The topological polar surface area (TPSA) is 20.3 Å². The second kappa shape index (κ2) is 5.31. The average Bonchev–Trinajstić information content (AvgIpc) is 2.56. The largest absolute Gasteiger partial charge is 0.389 e. The van der Waals surface area contributed by atoms with Crippen LogP contribution in [-0.2, 0) is 4.79 Å². The lowest BCUT2D eigenvalue weighted by molar-refractivity contribution is -0.151. The van der Waals surface area contributed by atoms with Crippen molar-refractivity contribution in [2.24, 2.45) is 0 Å². The van der Waals surface area contributed by atoms with E-state index in [9.17, 15) is 18.0 Å². The highest BCUT2D eigenvalue weighted by Crippen LogP contribution is 2.40. The summed E-state index contributed by atoms with van der Waals surface area (Å²) in [7, 11) is 0. The predicted octanol–water partition coefficient (Wildman–Crippen LogP) is 3.21. The highest BCUT2D eigenvalue weighted by molar-refractivity contribution is 7.99. The first-order chi connectivity index (χ1) is 8.40. The second-order valence-electron chi connectivity index (χ2n) is 5.13. The number of alkyl halides is 3. The maximum atomic E-state index is 12.1. The molecule has 2 heterocycles. The van der Waals surface area contributed by atoms with Gasteiger partial charge in [0, 0.05) is 23.8 Å². The fraction of sp³-hybridized carbons (Fsp3) is 0.917. The SMILES string of the molecule is CSC1CC2CCC(C1)N2C(=O)CCC(F)(F)F. The Hall–Kier alpha value is -0.390. The lowest BCUT2D eigenvalue weighted by Crippen LogP contribution is -2.47. The number of nitrogens with zero attached hydrogens (tertiary/aromatic N) is 1. The van der Waals surface area contributed by atoms with Crippen molar-refractivity contribution in [1.82, 2.24) is 4.90 Å². The van der Waals surface area contributed by atoms with Gasteiger partial charge in [0.05, 0.1) is 6.42 Å². The Morgan fingerprint density at radius 2 is 1.83 bits per heavy atom. The summed E-state index contributed by atoms with van der Waals surface area (Å²) in [6.07, 6.45) is 0.246. The molecule has 6 heteroatoms. The molecule has 2 rings (SSSR count). The molecule has 2 unspecified atom stereocenters. The van der Waals surface area contributed by atoms with Crippen molar-refractivity contribution in [3.05, 3.63) is 0 Å². The van der Waals surface area contributed by atoms with Crippen molar-refractivity contribution in [2.75, 3.05) is 6.26 Å². The van der Waals surface area contributed by atoms with Gasteiger partial charge in [-0.2, -0.15) is 24.9 Å². The van der Waals surface area contributed by atoms with E-state index in [4.69, 9.17) is 0 Å². The van der Waals surface area contributed by atoms with Gasteiger partial charge in [0.2, 0.25) is 5.91 Å². The molecule has 0 aliphatic carbocycles. The molecule has 104 valence electrons. The monoisotopic (exact) mass is 281 g/mol. The Morgan fingerprint density at radius 3 is 2.28 bits per heavy atom. The number of hydrogen-bond donors (Lipinski definition) is 0. The van der Waals surface area contributed by atoms with Crippen LogP contribution in [0.5, 0.6) is 0 Å². The van der Waals surface area contributed by atoms with E-state index >= 15 is 0 Å². The Kier molecular flexibility index (Phi) is 4.14. The number of hydrogen-bond acceptors (Lipinski definition) is 2. The molecule has 2 bridgehead atoms. The second-order valence-corrected chi connectivity index (χ2v) is 6.27. The van der Waals surface area contributed by atoms with Gasteiger partial charge < -0.3 is 4.90 Å². The number of carbonyl (C=O) groups excluding carboxylic acids is 1. The first-order valence-corrected chi connectivity index (χ1v) is 7.60. The summed E-state index contributed by atoms with van der Waals surface area (Å²) in [4.78, 5) is 13.7. The minimum absolute atomic E-state index is 0.182. The molecule has 2 saturated heterocycles. The zero-order valence-corrected chi connectivity index (χ0v) is 11.2. The van der Waals surface area contributed by atoms with Crippen molar-refractivity contribution in [3.8, 4) is 0 Å². The molecule has 0 spiro atoms. The van der Waals surface area contributed by atoms with Crippen LogP contribution in [-0.4, -0.2) is 40.6 Å². The molecule has 0 aromatic rings. The Balaban J connectivity index is 1.92. The Bertz CT molecular complexity index is 307. The van der Waals surface area contributed by atoms with E-state index in [0.29, 0.717) is 5.25 Å². The van der Waals surface area contributed by atoms with Gasteiger partial charge in [0.25, 0.3) is 0 Å². The minimum atomic E-state index is -4.23. The van der Waals surface area contributed by atoms with E-state index in [-0.39, 0.29) is 24.4 Å². The molecule has 0 saturated carbocycles. The number of piperidine rings is 1. The van der Waals surface area contributed by atoms with Crippen molar-refractivity contribution in [1.29, 1.82) is 0 Å². The molecule has 0 aromatic heterocycles. The van der Waals surface area contributed by atoms with Gasteiger partial charge in [0.15, 0.2) is 0 Å². The van der Waals surface area contributed by atoms with Gasteiger partial charge in [-0.25, -0.2) is 0 Å². The summed E-state index contributed by atoms with van der Waals surface area (Å²) in [6.45, 7) is 0. The molecule has 2 atom stereocenters. The smallest absolute Gasteiger partial charge is 0.337 e. The normalized spacial score (nSPS) is 31.8. The highest BCUT2D eigenvalue weighted by atomic mass is 32.2. The third-order valence-electron chi connectivity index (χ3n) is 3.93. The van der Waals surface area contributed by atoms with Crippen LogP contribution in [0.4, 0.5) is 13.2 Å². The Morgan fingerprint density at radius 1 is 1.28 bits per heavy atom. The number of thioether (sulfide) groups is 1. The van der Waals surface area contributed by atoms with E-state index in [1.807, 2.05) is 0 Å². The van der Waals surface area contributed by atoms with E-state index in [2.05, 4.69) is 6.26 Å². The van der Waals surface area contributed by atoms with Crippen LogP contribution in [0, 0.1) is 0 Å². The van der Waals surface area contributed by atoms with Crippen LogP contribution >= 0.6 is 11.8 Å². The standard InChI is InChI=1S/C12H18F3NOS/c1-18-10-6-8-2-3-9(7-10)16(8)11(17)4-5-12(13,14)15/h8-10H,2-7H2,1H3. The zero-order valence-electron chi connectivity index (χ0n) is 10.4. The molecule has 0 N–H and O–H groups in total. The third-order valence-corrected chi connectivity index (χ3v) is 4.99. The van der Waals surface area contributed by atoms with Gasteiger partial charge >= 0.3 is 6.18 Å². The Labute approximate surface area is 109 Å². The lowest BCUT2D eigenvalue weighted by Gasteiger charge is -2.38. The van der Waals surface area contributed by atoms with Gasteiger partial charge in [-0.15, -0.1) is 0 Å². The summed E-state index contributed by atoms with van der Waals surface area (Å²) >= 11 is 1.81. The summed E-state index contributed by atoms with van der Waals surface area (Å²) in [5, 5.41) is 0.564. The quantitative estimate of drug-likeness (QED) is 0.791. The molecule has 18 heavy (non-hydrogen) atoms. The first-order valence-electron chi connectivity index (χ1n) is 6.31. The van der Waals surface area contributed by atoms with Gasteiger partial charge in [0.1, 0.15) is 0 Å². The van der Waals surface area contributed by atoms with E-state index < -0.39 is 12.6 Å². The molecular weight excluding hydrogens is 263 g/mol. The van der Waals surface area contributed by atoms with Gasteiger partial charge in [-0.1, -0.05) is 0 Å². The minimum Gasteiger partial charge on any atom is -0.337 e. The number of fused-ring (bicyclic) bond motifs is 2. The molecular formula is C12H18F3NOS. The van der Waals surface area contributed by atoms with Crippen LogP contribution in [0.15, 0.2) is 0 Å². The van der Waals surface area contributed by atoms with Crippen LogP contribution in [0.2, 0.25) is 0 Å². The predicted molar refractivity (Wildman–Crippen MR) is 65.5 cm³/mol. The number of amides is 1. The van der Waals surface area contributed by atoms with E-state index in [1.165, 1.54) is 0 Å². The van der Waals surface area contributed by atoms with Gasteiger partial charge in [-0.05, 0) is 31.9 Å². The van der Waals surface area contributed by atoms with Crippen molar-refractivity contribution in [2.45, 2.75) is 62.0 Å². The van der Waals surface area contributed by atoms with Crippen LogP contribution in [0.25, 0.3) is 0 Å². The average molecular weight is 281 g/mol. The maximum Gasteiger partial charge on any atom is 0.389 e. The summed E-state index contributed by atoms with van der Waals surface area (Å²) in [5.41, 5.74) is 0. The maximum absolute atomic E-state index is 12.1. The molecule has 1 amide bonds. The molecule has 2 aliphatic heterocycles.